The molecule has 10 heteroatoms. The van der Waals surface area contributed by atoms with Gasteiger partial charge in [-0.05, 0) is 84.8 Å². The lowest BCUT2D eigenvalue weighted by atomic mass is 10.1. The van der Waals surface area contributed by atoms with E-state index < -0.39 is 9.84 Å². The minimum atomic E-state index is -3.71. The molecule has 0 spiro atoms. The lowest BCUT2D eigenvalue weighted by Gasteiger charge is -2.21. The number of nitrogens with two attached hydrogens (primary N) is 1. The molecule has 40 heavy (non-hydrogen) atoms. The molecule has 0 atom stereocenters. The molecule has 4 N–H and O–H groups in total. The number of aryl methyl sites for hydroxylation is 1. The number of hydrogen-bond acceptors (Lipinski definition) is 8. The summed E-state index contributed by atoms with van der Waals surface area (Å²) in [6, 6.07) is 20.9. The van der Waals surface area contributed by atoms with Crippen LogP contribution in [-0.2, 0) is 14.6 Å². The Kier molecular flexibility index (Phi) is 7.10. The second-order valence-corrected chi connectivity index (χ2v) is 11.2. The number of amides is 1. The van der Waals surface area contributed by atoms with E-state index in [9.17, 15) is 18.3 Å². The fourth-order valence-corrected chi connectivity index (χ4v) is 5.41. The van der Waals surface area contributed by atoms with Crippen LogP contribution in [0.2, 0.25) is 0 Å². The number of phenols is 1. The summed E-state index contributed by atoms with van der Waals surface area (Å²) in [7, 11) is -2.08. The van der Waals surface area contributed by atoms with Crippen molar-refractivity contribution in [1.82, 2.24) is 0 Å². The van der Waals surface area contributed by atoms with Crippen molar-refractivity contribution in [3.63, 3.8) is 0 Å². The lowest BCUT2D eigenvalue weighted by molar-refractivity contribution is -0.113. The van der Waals surface area contributed by atoms with Gasteiger partial charge in [-0.15, -0.1) is 0 Å². The molecular weight excluding hydrogens is 530 g/mol. The van der Waals surface area contributed by atoms with Crippen molar-refractivity contribution in [2.45, 2.75) is 16.7 Å². The van der Waals surface area contributed by atoms with Crippen molar-refractivity contribution in [3.05, 3.63) is 96.1 Å². The van der Waals surface area contributed by atoms with Crippen LogP contribution in [0.5, 0.6) is 17.2 Å². The van der Waals surface area contributed by atoms with Crippen molar-refractivity contribution in [2.75, 3.05) is 29.8 Å². The summed E-state index contributed by atoms with van der Waals surface area (Å²) in [6.45, 7) is 1.85. The third kappa shape index (κ3) is 5.43. The monoisotopic (exact) mass is 557 g/mol. The molecule has 5 rings (SSSR count). The number of rotatable bonds is 7. The van der Waals surface area contributed by atoms with Gasteiger partial charge in [0.25, 0.3) is 5.91 Å². The van der Waals surface area contributed by atoms with Crippen LogP contribution < -0.4 is 25.4 Å². The topological polar surface area (TPSA) is 131 Å². The molecule has 0 unspecified atom stereocenters. The first-order valence-corrected chi connectivity index (χ1v) is 13.8. The first kappa shape index (κ1) is 26.6. The molecule has 1 amide bonds. The van der Waals surface area contributed by atoms with E-state index in [0.29, 0.717) is 39.8 Å². The summed E-state index contributed by atoms with van der Waals surface area (Å²) in [6.07, 6.45) is 3.11. The highest BCUT2D eigenvalue weighted by molar-refractivity contribution is 7.91. The Bertz CT molecular complexity index is 1720. The fourth-order valence-electron chi connectivity index (χ4n) is 4.15. The Hall–Kier alpha value is -4.96. The second-order valence-electron chi connectivity index (χ2n) is 9.22. The highest BCUT2D eigenvalue weighted by atomic mass is 32.2. The molecule has 0 bridgehead atoms. The van der Waals surface area contributed by atoms with Gasteiger partial charge in [0.05, 0.1) is 21.2 Å². The van der Waals surface area contributed by atoms with Gasteiger partial charge in [0.1, 0.15) is 5.75 Å². The Morgan fingerprint density at radius 1 is 0.950 bits per heavy atom. The largest absolute Gasteiger partial charge is 0.508 e. The number of carbonyl (C=O) groups is 1. The Morgan fingerprint density at radius 3 is 2.23 bits per heavy atom. The molecule has 9 nitrogen and oxygen atoms in total. The molecule has 0 aliphatic carbocycles. The Balaban J connectivity index is 1.40. The number of phenolic OH excluding ortho intramolecular Hbond substituents is 1. The molecule has 0 saturated carbocycles. The van der Waals surface area contributed by atoms with E-state index in [-0.39, 0.29) is 28.2 Å². The number of aromatic hydroxyl groups is 1. The number of anilines is 4. The average molecular weight is 558 g/mol. The van der Waals surface area contributed by atoms with Gasteiger partial charge in [0, 0.05) is 36.6 Å². The van der Waals surface area contributed by atoms with Gasteiger partial charge in [-0.3, -0.25) is 4.79 Å². The normalized spacial score (nSPS) is 12.4. The molecule has 204 valence electrons. The number of carbonyl (C=O) groups excluding carboxylic acids is 1. The van der Waals surface area contributed by atoms with Crippen LogP contribution in [0.25, 0.3) is 6.08 Å². The second kappa shape index (κ2) is 10.7. The van der Waals surface area contributed by atoms with Crippen LogP contribution in [0.4, 0.5) is 22.7 Å². The van der Waals surface area contributed by atoms with E-state index in [4.69, 9.17) is 15.2 Å². The standard InChI is InChI=1S/C30H27N3O6S/c1-19-15-20(3-13-27(19)34)4-14-30(35)33(2)26-17-29-28(38-18-39-29)16-25(26)32-22-7-11-24(12-8-22)40(36,37)23-9-5-21(31)6-10-23/h3-17,32,34H,18,31H2,1-2H3. The van der Waals surface area contributed by atoms with E-state index in [2.05, 4.69) is 5.32 Å². The molecule has 0 aromatic heterocycles. The zero-order valence-corrected chi connectivity index (χ0v) is 22.6. The first-order valence-electron chi connectivity index (χ1n) is 12.3. The molecule has 1 heterocycles. The van der Waals surface area contributed by atoms with Gasteiger partial charge in [0.15, 0.2) is 11.5 Å². The number of benzene rings is 4. The number of ether oxygens (including phenoxy) is 2. The number of likely N-dealkylation sites (N-methyl/N-ethyl adjacent to an activating group) is 1. The van der Waals surface area contributed by atoms with E-state index in [1.54, 1.807) is 74.6 Å². The van der Waals surface area contributed by atoms with E-state index in [1.807, 2.05) is 0 Å². The zero-order valence-electron chi connectivity index (χ0n) is 21.8. The van der Waals surface area contributed by atoms with Crippen molar-refractivity contribution < 1.29 is 27.8 Å². The van der Waals surface area contributed by atoms with Crippen molar-refractivity contribution in [1.29, 1.82) is 0 Å². The highest BCUT2D eigenvalue weighted by Crippen LogP contribution is 2.42. The van der Waals surface area contributed by atoms with Crippen molar-refractivity contribution in [2.24, 2.45) is 0 Å². The predicted octanol–water partition coefficient (Wildman–Crippen LogP) is 5.26. The minimum Gasteiger partial charge on any atom is -0.508 e. The maximum atomic E-state index is 13.1. The fraction of sp³-hybridized carbons (Fsp3) is 0.100. The number of nitrogens with one attached hydrogen (secondary N) is 1. The smallest absolute Gasteiger partial charge is 0.250 e. The maximum absolute atomic E-state index is 13.1. The van der Waals surface area contributed by atoms with Crippen LogP contribution in [0.1, 0.15) is 11.1 Å². The SMILES string of the molecule is Cc1cc(C=CC(=O)N(C)c2cc3c(cc2Nc2ccc(S(=O)(=O)c4ccc(N)cc4)cc2)OCO3)ccc1O. The Labute approximate surface area is 232 Å². The summed E-state index contributed by atoms with van der Waals surface area (Å²) < 4.78 is 37.1. The van der Waals surface area contributed by atoms with Crippen LogP contribution in [0, 0.1) is 6.92 Å². The summed E-state index contributed by atoms with van der Waals surface area (Å²) in [5, 5.41) is 13.0. The van der Waals surface area contributed by atoms with Gasteiger partial charge in [-0.1, -0.05) is 6.07 Å². The van der Waals surface area contributed by atoms with E-state index >= 15 is 0 Å². The zero-order chi connectivity index (χ0) is 28.4. The minimum absolute atomic E-state index is 0.0632. The molecule has 4 aromatic rings. The van der Waals surface area contributed by atoms with Gasteiger partial charge >= 0.3 is 0 Å². The summed E-state index contributed by atoms with van der Waals surface area (Å²) in [4.78, 5) is 14.8. The number of sulfone groups is 1. The van der Waals surface area contributed by atoms with Gasteiger partial charge in [0.2, 0.25) is 16.6 Å². The van der Waals surface area contributed by atoms with Crippen molar-refractivity contribution >= 4 is 44.6 Å². The molecule has 1 aliphatic heterocycles. The Morgan fingerprint density at radius 2 is 1.57 bits per heavy atom. The highest BCUT2D eigenvalue weighted by Gasteiger charge is 2.22. The first-order chi connectivity index (χ1) is 19.1. The van der Waals surface area contributed by atoms with Crippen LogP contribution in [0.3, 0.4) is 0 Å². The average Bonchev–Trinajstić information content (AvgIpc) is 3.40. The molecular formula is C30H27N3O6S. The summed E-state index contributed by atoms with van der Waals surface area (Å²) in [5.41, 5.74) is 9.33. The lowest BCUT2D eigenvalue weighted by Crippen LogP contribution is -2.24. The quantitative estimate of drug-likeness (QED) is 0.207. The van der Waals surface area contributed by atoms with E-state index in [1.165, 1.54) is 35.2 Å². The third-order valence-corrected chi connectivity index (χ3v) is 8.24. The summed E-state index contributed by atoms with van der Waals surface area (Å²) in [5.74, 6) is 0.915. The van der Waals surface area contributed by atoms with Crippen LogP contribution in [-0.4, -0.2) is 33.3 Å². The van der Waals surface area contributed by atoms with E-state index in [0.717, 1.165) is 5.56 Å². The van der Waals surface area contributed by atoms with Gasteiger partial charge in [-0.2, -0.15) is 0 Å². The molecule has 4 aromatic carbocycles. The molecule has 0 fully saturated rings. The number of fused-ring (bicyclic) bond motifs is 1. The number of nitrogen functional groups attached to an aromatic ring is 1. The third-order valence-electron chi connectivity index (χ3n) is 6.46. The predicted molar refractivity (Wildman–Crippen MR) is 154 cm³/mol. The molecule has 1 aliphatic rings. The number of hydrogen-bond donors (Lipinski definition) is 3. The van der Waals surface area contributed by atoms with Crippen molar-refractivity contribution in [3.8, 4) is 17.2 Å². The number of nitrogens with zero attached hydrogens (tertiary/aromatic N) is 1. The molecule has 0 radical (unpaired) electrons. The molecule has 0 saturated heterocycles. The summed E-state index contributed by atoms with van der Waals surface area (Å²) >= 11 is 0. The van der Waals surface area contributed by atoms with Crippen LogP contribution in [0.15, 0.2) is 94.7 Å². The van der Waals surface area contributed by atoms with Gasteiger partial charge in [-0.25, -0.2) is 8.42 Å². The van der Waals surface area contributed by atoms with Crippen LogP contribution >= 0.6 is 0 Å². The maximum Gasteiger partial charge on any atom is 0.250 e. The van der Waals surface area contributed by atoms with Gasteiger partial charge < -0.3 is 30.5 Å².